The predicted molar refractivity (Wildman–Crippen MR) is 48.6 cm³/mol. The molecule has 0 fully saturated rings. The Morgan fingerprint density at radius 3 is 2.42 bits per heavy atom. The molecule has 0 heterocycles. The molecule has 0 aromatic heterocycles. The number of rotatable bonds is 2. The number of halogens is 1. The van der Waals surface area contributed by atoms with Crippen LogP contribution in [0, 0.1) is 11.3 Å². The Hall–Kier alpha value is -1.14. The lowest BCUT2D eigenvalue weighted by molar-refractivity contribution is -0.108. The first-order valence-electron chi connectivity index (χ1n) is 3.38. The molecule has 0 saturated heterocycles. The first-order valence-corrected chi connectivity index (χ1v) is 4.17. The minimum Gasteiger partial charge on any atom is -0.302 e. The van der Waals surface area contributed by atoms with Crippen LogP contribution in [0.4, 0.5) is 0 Å². The van der Waals surface area contributed by atoms with Crippen molar-refractivity contribution in [1.29, 1.82) is 5.26 Å². The van der Waals surface area contributed by atoms with Gasteiger partial charge in [0.2, 0.25) is 0 Å². The van der Waals surface area contributed by atoms with E-state index in [1.54, 1.807) is 12.1 Å². The summed E-state index contributed by atoms with van der Waals surface area (Å²) in [5.41, 5.74) is 0.732. The molecule has 0 saturated carbocycles. The molecule has 1 aromatic rings. The van der Waals surface area contributed by atoms with Gasteiger partial charge < -0.3 is 4.79 Å². The maximum absolute atomic E-state index is 10.4. The number of hydrogen-bond acceptors (Lipinski definition) is 2. The molecule has 60 valence electrons. The zero-order valence-electron chi connectivity index (χ0n) is 6.20. The molecule has 0 unspecified atom stereocenters. The van der Waals surface area contributed by atoms with Crippen LogP contribution in [-0.2, 0) is 4.79 Å². The molecule has 0 radical (unpaired) electrons. The topological polar surface area (TPSA) is 40.9 Å². The Bertz CT molecular complexity index is 312. The molecule has 1 atom stereocenters. The summed E-state index contributed by atoms with van der Waals surface area (Å²) in [5, 5.41) is 8.56. The van der Waals surface area contributed by atoms with E-state index in [0.29, 0.717) is 6.29 Å². The van der Waals surface area contributed by atoms with Gasteiger partial charge in [-0.05, 0) is 17.7 Å². The van der Waals surface area contributed by atoms with Crippen LogP contribution in [0.5, 0.6) is 0 Å². The second-order valence-corrected chi connectivity index (χ2v) is 3.21. The van der Waals surface area contributed by atoms with Crippen molar-refractivity contribution < 1.29 is 4.79 Å². The van der Waals surface area contributed by atoms with Crippen LogP contribution in [0.3, 0.4) is 0 Å². The summed E-state index contributed by atoms with van der Waals surface area (Å²) in [4.78, 5) is 10.4. The first-order chi connectivity index (χ1) is 5.77. The average Bonchev–Trinajstić information content (AvgIpc) is 2.10. The molecule has 1 rings (SSSR count). The van der Waals surface area contributed by atoms with Gasteiger partial charge in [0.1, 0.15) is 12.2 Å². The van der Waals surface area contributed by atoms with E-state index in [2.05, 4.69) is 15.9 Å². The summed E-state index contributed by atoms with van der Waals surface area (Å²) in [7, 11) is 0. The van der Waals surface area contributed by atoms with Gasteiger partial charge in [-0.15, -0.1) is 0 Å². The lowest BCUT2D eigenvalue weighted by atomic mass is 10.0. The van der Waals surface area contributed by atoms with Gasteiger partial charge in [-0.1, -0.05) is 28.1 Å². The van der Waals surface area contributed by atoms with Gasteiger partial charge in [-0.2, -0.15) is 5.26 Å². The highest BCUT2D eigenvalue weighted by Crippen LogP contribution is 2.16. The molecule has 1 aromatic carbocycles. The second kappa shape index (κ2) is 4.03. The third kappa shape index (κ3) is 1.93. The molecule has 0 spiro atoms. The Kier molecular flexibility index (Phi) is 3.01. The van der Waals surface area contributed by atoms with Gasteiger partial charge in [0.15, 0.2) is 0 Å². The predicted octanol–water partition coefficient (Wildman–Crippen LogP) is 2.26. The van der Waals surface area contributed by atoms with E-state index in [0.717, 1.165) is 10.0 Å². The molecular weight excluding hydrogens is 218 g/mol. The standard InChI is InChI=1S/C9H6BrNO/c10-9-3-1-7(2-4-9)8(5-11)6-12/h1-4,6,8H/t8-/m0/s1. The van der Waals surface area contributed by atoms with E-state index in [1.807, 2.05) is 18.2 Å². The second-order valence-electron chi connectivity index (χ2n) is 2.29. The van der Waals surface area contributed by atoms with Gasteiger partial charge in [0.05, 0.1) is 6.07 Å². The van der Waals surface area contributed by atoms with E-state index in [4.69, 9.17) is 5.26 Å². The highest BCUT2D eigenvalue weighted by Gasteiger charge is 2.07. The first kappa shape index (κ1) is 8.95. The number of benzene rings is 1. The lowest BCUT2D eigenvalue weighted by Gasteiger charge is -1.99. The molecule has 0 aliphatic carbocycles. The van der Waals surface area contributed by atoms with Gasteiger partial charge in [0, 0.05) is 4.47 Å². The lowest BCUT2D eigenvalue weighted by Crippen LogP contribution is -1.95. The quantitative estimate of drug-likeness (QED) is 0.723. The normalized spacial score (nSPS) is 11.7. The molecular formula is C9H6BrNO. The van der Waals surface area contributed by atoms with Crippen molar-refractivity contribution in [3.8, 4) is 6.07 Å². The third-order valence-corrected chi connectivity index (χ3v) is 2.03. The van der Waals surface area contributed by atoms with Crippen molar-refractivity contribution in [3.05, 3.63) is 34.3 Å². The molecule has 0 aliphatic rings. The van der Waals surface area contributed by atoms with Crippen LogP contribution < -0.4 is 0 Å². The van der Waals surface area contributed by atoms with Gasteiger partial charge in [0.25, 0.3) is 0 Å². The molecule has 3 heteroatoms. The SMILES string of the molecule is N#C[C@@H](C=O)c1ccc(Br)cc1. The molecule has 12 heavy (non-hydrogen) atoms. The molecule has 0 amide bonds. The average molecular weight is 224 g/mol. The Morgan fingerprint density at radius 1 is 1.42 bits per heavy atom. The van der Waals surface area contributed by atoms with Crippen molar-refractivity contribution in [2.75, 3.05) is 0 Å². The van der Waals surface area contributed by atoms with Crippen molar-refractivity contribution in [3.63, 3.8) is 0 Å². The third-order valence-electron chi connectivity index (χ3n) is 1.50. The van der Waals surface area contributed by atoms with Crippen LogP contribution in [0.2, 0.25) is 0 Å². The van der Waals surface area contributed by atoms with Crippen molar-refractivity contribution in [2.45, 2.75) is 5.92 Å². The molecule has 0 aliphatic heterocycles. The summed E-state index contributed by atoms with van der Waals surface area (Å²) in [6, 6.07) is 9.03. The highest BCUT2D eigenvalue weighted by molar-refractivity contribution is 9.10. The molecule has 0 bridgehead atoms. The Balaban J connectivity index is 2.97. The Labute approximate surface area is 78.9 Å². The fraction of sp³-hybridized carbons (Fsp3) is 0.111. The maximum atomic E-state index is 10.4. The van der Waals surface area contributed by atoms with E-state index in [9.17, 15) is 4.79 Å². The number of nitrogens with zero attached hydrogens (tertiary/aromatic N) is 1. The summed E-state index contributed by atoms with van der Waals surface area (Å²) in [5.74, 6) is -0.641. The van der Waals surface area contributed by atoms with Crippen molar-refractivity contribution in [2.24, 2.45) is 0 Å². The summed E-state index contributed by atoms with van der Waals surface area (Å²) in [6.45, 7) is 0. The van der Waals surface area contributed by atoms with E-state index in [1.165, 1.54) is 0 Å². The van der Waals surface area contributed by atoms with E-state index >= 15 is 0 Å². The molecule has 0 N–H and O–H groups in total. The number of carbonyl (C=O) groups is 1. The minimum atomic E-state index is -0.641. The van der Waals surface area contributed by atoms with Crippen LogP contribution >= 0.6 is 15.9 Å². The van der Waals surface area contributed by atoms with Crippen molar-refractivity contribution >= 4 is 22.2 Å². The van der Waals surface area contributed by atoms with Gasteiger partial charge in [-0.25, -0.2) is 0 Å². The fourth-order valence-corrected chi connectivity index (χ4v) is 1.12. The number of carbonyl (C=O) groups excluding carboxylic acids is 1. The Morgan fingerprint density at radius 2 is 2.00 bits per heavy atom. The van der Waals surface area contributed by atoms with E-state index in [-0.39, 0.29) is 0 Å². The summed E-state index contributed by atoms with van der Waals surface area (Å²) >= 11 is 3.27. The van der Waals surface area contributed by atoms with Crippen LogP contribution in [-0.4, -0.2) is 6.29 Å². The van der Waals surface area contributed by atoms with Crippen LogP contribution in [0.15, 0.2) is 28.7 Å². The number of hydrogen-bond donors (Lipinski definition) is 0. The number of nitriles is 1. The minimum absolute atomic E-state index is 0.641. The summed E-state index contributed by atoms with van der Waals surface area (Å²) in [6.07, 6.45) is 0.642. The summed E-state index contributed by atoms with van der Waals surface area (Å²) < 4.78 is 0.939. The van der Waals surface area contributed by atoms with Crippen LogP contribution in [0.1, 0.15) is 11.5 Å². The highest BCUT2D eigenvalue weighted by atomic mass is 79.9. The monoisotopic (exact) mass is 223 g/mol. The zero-order chi connectivity index (χ0) is 8.97. The molecule has 2 nitrogen and oxygen atoms in total. The van der Waals surface area contributed by atoms with Crippen LogP contribution in [0.25, 0.3) is 0 Å². The van der Waals surface area contributed by atoms with Gasteiger partial charge >= 0.3 is 0 Å². The largest absolute Gasteiger partial charge is 0.302 e. The van der Waals surface area contributed by atoms with E-state index < -0.39 is 5.92 Å². The number of aldehydes is 1. The van der Waals surface area contributed by atoms with Gasteiger partial charge in [-0.3, -0.25) is 0 Å². The fourth-order valence-electron chi connectivity index (χ4n) is 0.854. The smallest absolute Gasteiger partial charge is 0.141 e. The van der Waals surface area contributed by atoms with Crippen molar-refractivity contribution in [1.82, 2.24) is 0 Å². The zero-order valence-corrected chi connectivity index (χ0v) is 7.78. The maximum Gasteiger partial charge on any atom is 0.141 e.